The fourth-order valence-corrected chi connectivity index (χ4v) is 2.32. The number of hydrogen-bond acceptors (Lipinski definition) is 2. The Bertz CT molecular complexity index is 459. The summed E-state index contributed by atoms with van der Waals surface area (Å²) in [5.41, 5.74) is 0.565. The first-order valence-electron chi connectivity index (χ1n) is 6.60. The molecule has 1 aromatic rings. The van der Waals surface area contributed by atoms with Crippen molar-refractivity contribution < 1.29 is 4.79 Å². The van der Waals surface area contributed by atoms with Crippen LogP contribution in [0.25, 0.3) is 0 Å². The monoisotopic (exact) mass is 258 g/mol. The molecule has 1 amide bonds. The van der Waals surface area contributed by atoms with Gasteiger partial charge in [-0.1, -0.05) is 25.1 Å². The maximum Gasteiger partial charge on any atom is 0.223 e. The van der Waals surface area contributed by atoms with Crippen molar-refractivity contribution in [2.45, 2.75) is 34.1 Å². The first-order valence-corrected chi connectivity index (χ1v) is 6.60. The molecular weight excluding hydrogens is 236 g/mol. The quantitative estimate of drug-likeness (QED) is 0.809. The number of anilines is 1. The Hall–Kier alpha value is -1.82. The lowest BCUT2D eigenvalue weighted by Gasteiger charge is -2.27. The fraction of sp³-hybridized carbons (Fsp3) is 0.500. The molecule has 0 aliphatic heterocycles. The maximum absolute atomic E-state index is 11.8. The van der Waals surface area contributed by atoms with Gasteiger partial charge in [0.05, 0.1) is 11.5 Å². The molecule has 0 N–H and O–H groups in total. The third kappa shape index (κ3) is 4.75. The highest BCUT2D eigenvalue weighted by atomic mass is 16.2. The zero-order valence-corrected chi connectivity index (χ0v) is 12.2. The van der Waals surface area contributed by atoms with Gasteiger partial charge in [-0.15, -0.1) is 0 Å². The van der Waals surface area contributed by atoms with Crippen LogP contribution < -0.4 is 4.90 Å². The van der Waals surface area contributed by atoms with Crippen LogP contribution in [-0.2, 0) is 4.79 Å². The van der Waals surface area contributed by atoms with Gasteiger partial charge in [-0.2, -0.15) is 5.26 Å². The van der Waals surface area contributed by atoms with Gasteiger partial charge in [0, 0.05) is 19.2 Å². The molecule has 0 aliphatic rings. The summed E-state index contributed by atoms with van der Waals surface area (Å²) in [4.78, 5) is 13.6. The molecule has 0 aromatic heterocycles. The van der Waals surface area contributed by atoms with E-state index in [1.54, 1.807) is 11.8 Å². The average Bonchev–Trinajstić information content (AvgIpc) is 2.36. The minimum absolute atomic E-state index is 0.0350. The van der Waals surface area contributed by atoms with Crippen LogP contribution in [0.15, 0.2) is 30.3 Å². The fourth-order valence-electron chi connectivity index (χ4n) is 2.32. The molecule has 1 unspecified atom stereocenters. The van der Waals surface area contributed by atoms with Crippen LogP contribution in [0.1, 0.15) is 34.1 Å². The Labute approximate surface area is 115 Å². The first kappa shape index (κ1) is 15.2. The van der Waals surface area contributed by atoms with Crippen LogP contribution in [0, 0.1) is 22.7 Å². The molecule has 0 saturated heterocycles. The van der Waals surface area contributed by atoms with Crippen LogP contribution in [0.5, 0.6) is 0 Å². The van der Waals surface area contributed by atoms with Gasteiger partial charge in [0.2, 0.25) is 5.91 Å². The Balaban J connectivity index is 2.76. The summed E-state index contributed by atoms with van der Waals surface area (Å²) in [5.74, 6) is 0.312. The van der Waals surface area contributed by atoms with Gasteiger partial charge in [0.15, 0.2) is 0 Å². The molecule has 0 saturated carbocycles. The van der Waals surface area contributed by atoms with Gasteiger partial charge in [0.1, 0.15) is 0 Å². The SMILES string of the molecule is CC(=O)N(CC(C)CC(C)(C)C#N)c1ccccc1. The molecule has 3 heteroatoms. The molecule has 0 bridgehead atoms. The van der Waals surface area contributed by atoms with Crippen LogP contribution in [0.3, 0.4) is 0 Å². The molecule has 0 heterocycles. The number of nitrogens with zero attached hydrogens (tertiary/aromatic N) is 2. The summed E-state index contributed by atoms with van der Waals surface area (Å²) in [6.07, 6.45) is 0.778. The van der Waals surface area contributed by atoms with Crippen molar-refractivity contribution in [1.29, 1.82) is 5.26 Å². The summed E-state index contributed by atoms with van der Waals surface area (Å²) in [5, 5.41) is 9.07. The van der Waals surface area contributed by atoms with Gasteiger partial charge < -0.3 is 4.90 Å². The number of hydrogen-bond donors (Lipinski definition) is 0. The molecule has 1 rings (SSSR count). The van der Waals surface area contributed by atoms with Gasteiger partial charge in [-0.05, 0) is 38.3 Å². The van der Waals surface area contributed by atoms with E-state index in [4.69, 9.17) is 5.26 Å². The summed E-state index contributed by atoms with van der Waals surface area (Å²) in [6, 6.07) is 12.0. The van der Waals surface area contributed by atoms with Crippen molar-refractivity contribution >= 4 is 11.6 Å². The van der Waals surface area contributed by atoms with Gasteiger partial charge in [-0.25, -0.2) is 0 Å². The Morgan fingerprint density at radius 3 is 2.42 bits per heavy atom. The zero-order chi connectivity index (χ0) is 14.5. The Kier molecular flexibility index (Phi) is 5.11. The highest BCUT2D eigenvalue weighted by Crippen LogP contribution is 2.26. The van der Waals surface area contributed by atoms with E-state index in [1.807, 2.05) is 44.2 Å². The molecular formula is C16H22N2O. The van der Waals surface area contributed by atoms with Crippen molar-refractivity contribution in [1.82, 2.24) is 0 Å². The van der Waals surface area contributed by atoms with E-state index in [-0.39, 0.29) is 17.2 Å². The van der Waals surface area contributed by atoms with E-state index in [0.717, 1.165) is 12.1 Å². The van der Waals surface area contributed by atoms with Crippen LogP contribution in [-0.4, -0.2) is 12.5 Å². The van der Waals surface area contributed by atoms with Gasteiger partial charge >= 0.3 is 0 Å². The molecule has 1 atom stereocenters. The van der Waals surface area contributed by atoms with Crippen molar-refractivity contribution in [2.24, 2.45) is 11.3 Å². The van der Waals surface area contributed by atoms with Crippen molar-refractivity contribution in [3.8, 4) is 6.07 Å². The van der Waals surface area contributed by atoms with E-state index >= 15 is 0 Å². The Morgan fingerprint density at radius 2 is 1.95 bits per heavy atom. The normalized spacial score (nSPS) is 12.6. The topological polar surface area (TPSA) is 44.1 Å². The minimum Gasteiger partial charge on any atom is -0.312 e. The second kappa shape index (κ2) is 6.38. The predicted octanol–water partition coefficient (Wildman–Crippen LogP) is 3.62. The lowest BCUT2D eigenvalue weighted by atomic mass is 9.84. The lowest BCUT2D eigenvalue weighted by molar-refractivity contribution is -0.116. The second-order valence-electron chi connectivity index (χ2n) is 5.77. The third-order valence-electron chi connectivity index (χ3n) is 3.10. The van der Waals surface area contributed by atoms with Crippen molar-refractivity contribution in [3.05, 3.63) is 30.3 Å². The number of benzene rings is 1. The molecule has 0 spiro atoms. The van der Waals surface area contributed by atoms with Crippen LogP contribution in [0.4, 0.5) is 5.69 Å². The summed E-state index contributed by atoms with van der Waals surface area (Å²) >= 11 is 0. The minimum atomic E-state index is -0.349. The number of nitriles is 1. The molecule has 0 fully saturated rings. The molecule has 1 aromatic carbocycles. The second-order valence-corrected chi connectivity index (χ2v) is 5.77. The number of rotatable bonds is 5. The third-order valence-corrected chi connectivity index (χ3v) is 3.10. The molecule has 19 heavy (non-hydrogen) atoms. The van der Waals surface area contributed by atoms with Crippen molar-refractivity contribution in [3.63, 3.8) is 0 Å². The largest absolute Gasteiger partial charge is 0.312 e. The highest BCUT2D eigenvalue weighted by molar-refractivity contribution is 5.91. The van der Waals surface area contributed by atoms with Crippen molar-refractivity contribution in [2.75, 3.05) is 11.4 Å². The first-order chi connectivity index (χ1) is 8.85. The number of carbonyl (C=O) groups excluding carboxylic acids is 1. The number of amides is 1. The van der Waals surface area contributed by atoms with Gasteiger partial charge in [0.25, 0.3) is 0 Å². The predicted molar refractivity (Wildman–Crippen MR) is 77.6 cm³/mol. The number of para-hydroxylation sites is 1. The van der Waals surface area contributed by atoms with E-state index < -0.39 is 0 Å². The summed E-state index contributed by atoms with van der Waals surface area (Å²) in [6.45, 7) is 8.17. The van der Waals surface area contributed by atoms with Gasteiger partial charge in [-0.3, -0.25) is 4.79 Å². The van der Waals surface area contributed by atoms with Crippen LogP contribution in [0.2, 0.25) is 0 Å². The maximum atomic E-state index is 11.8. The molecule has 0 aliphatic carbocycles. The Morgan fingerprint density at radius 1 is 1.37 bits per heavy atom. The zero-order valence-electron chi connectivity index (χ0n) is 12.2. The van der Waals surface area contributed by atoms with E-state index in [0.29, 0.717) is 6.54 Å². The molecule has 102 valence electrons. The van der Waals surface area contributed by atoms with Crippen LogP contribution >= 0.6 is 0 Å². The summed E-state index contributed by atoms with van der Waals surface area (Å²) in [7, 11) is 0. The van der Waals surface area contributed by atoms with E-state index in [9.17, 15) is 4.79 Å². The standard InChI is InChI=1S/C16H22N2O/c1-13(10-16(3,4)12-17)11-18(14(2)19)15-8-6-5-7-9-15/h5-9,13H,10-11H2,1-4H3. The molecule has 0 radical (unpaired) electrons. The summed E-state index contributed by atoms with van der Waals surface area (Å²) < 4.78 is 0. The lowest BCUT2D eigenvalue weighted by Crippen LogP contribution is -2.34. The average molecular weight is 258 g/mol. The number of carbonyl (C=O) groups is 1. The molecule has 3 nitrogen and oxygen atoms in total. The highest BCUT2D eigenvalue weighted by Gasteiger charge is 2.23. The van der Waals surface area contributed by atoms with E-state index in [1.165, 1.54) is 0 Å². The smallest absolute Gasteiger partial charge is 0.223 e. The van der Waals surface area contributed by atoms with E-state index in [2.05, 4.69) is 13.0 Å².